The van der Waals surface area contributed by atoms with E-state index in [1.54, 1.807) is 0 Å². The van der Waals surface area contributed by atoms with Crippen molar-refractivity contribution in [3.8, 4) is 0 Å². The van der Waals surface area contributed by atoms with Crippen molar-refractivity contribution >= 4 is 17.2 Å². The van der Waals surface area contributed by atoms with Crippen LogP contribution >= 0.6 is 0 Å². The number of carbonyl (C=O) groups is 1. The molecular weight excluding hydrogens is 174 g/mol. The highest BCUT2D eigenvalue weighted by atomic mass is 16.6. The van der Waals surface area contributed by atoms with E-state index in [9.17, 15) is 14.9 Å². The molecule has 0 aromatic carbocycles. The highest BCUT2D eigenvalue weighted by molar-refractivity contribution is 6.00. The van der Waals surface area contributed by atoms with Gasteiger partial charge in [-0.25, -0.2) is 0 Å². The molecule has 6 nitrogen and oxygen atoms in total. The van der Waals surface area contributed by atoms with Crippen molar-refractivity contribution in [3.63, 3.8) is 0 Å². The number of nitrogens with zero attached hydrogens (tertiary/aromatic N) is 2. The Balaban J connectivity index is 3.35. The number of Topliss-reactive ketones (excluding diaryl/α,β-unsaturated/α-hetero) is 1. The summed E-state index contributed by atoms with van der Waals surface area (Å²) >= 11 is 0. The number of aromatic nitrogens is 1. The number of hydrogen-bond donors (Lipinski definition) is 1. The molecule has 13 heavy (non-hydrogen) atoms. The minimum Gasteiger partial charge on any atom is -0.392 e. The van der Waals surface area contributed by atoms with Crippen LogP contribution in [0.5, 0.6) is 0 Å². The van der Waals surface area contributed by atoms with E-state index in [0.717, 1.165) is 6.20 Å². The first-order valence-corrected chi connectivity index (χ1v) is 3.43. The fourth-order valence-electron chi connectivity index (χ4n) is 0.886. The van der Waals surface area contributed by atoms with Gasteiger partial charge in [0.2, 0.25) is 0 Å². The molecule has 0 unspecified atom stereocenters. The number of nitrogen functional groups attached to an aromatic ring is 1. The SMILES string of the molecule is CC(=O)c1cncc([N+](=O)[O-])c1N. The third kappa shape index (κ3) is 1.61. The van der Waals surface area contributed by atoms with Crippen LogP contribution in [0.2, 0.25) is 0 Å². The zero-order valence-corrected chi connectivity index (χ0v) is 6.85. The minimum absolute atomic E-state index is 0.0780. The molecule has 0 atom stereocenters. The van der Waals surface area contributed by atoms with Crippen LogP contribution in [0.25, 0.3) is 0 Å². The molecule has 0 spiro atoms. The molecule has 0 amide bonds. The molecule has 0 aliphatic heterocycles. The second-order valence-electron chi connectivity index (χ2n) is 2.43. The summed E-state index contributed by atoms with van der Waals surface area (Å²) in [6.45, 7) is 1.27. The molecule has 0 aliphatic rings. The standard InChI is InChI=1S/C7H7N3O3/c1-4(11)5-2-9-3-6(7(5)8)10(12)13/h2-3H,1H3,(H2,8,9). The predicted octanol–water partition coefficient (Wildman–Crippen LogP) is 0.775. The molecule has 2 N–H and O–H groups in total. The van der Waals surface area contributed by atoms with Crippen molar-refractivity contribution in [2.24, 2.45) is 0 Å². The molecule has 0 radical (unpaired) electrons. The molecule has 68 valence electrons. The van der Waals surface area contributed by atoms with E-state index >= 15 is 0 Å². The molecule has 0 fully saturated rings. The second kappa shape index (κ2) is 3.18. The van der Waals surface area contributed by atoms with E-state index in [1.807, 2.05) is 0 Å². The van der Waals surface area contributed by atoms with Gasteiger partial charge in [0.1, 0.15) is 11.9 Å². The molecular formula is C7H7N3O3. The van der Waals surface area contributed by atoms with Crippen LogP contribution in [0.1, 0.15) is 17.3 Å². The van der Waals surface area contributed by atoms with Crippen LogP contribution in [0.15, 0.2) is 12.4 Å². The van der Waals surface area contributed by atoms with Gasteiger partial charge in [-0.1, -0.05) is 0 Å². The van der Waals surface area contributed by atoms with Crippen molar-refractivity contribution in [1.82, 2.24) is 4.98 Å². The van der Waals surface area contributed by atoms with Gasteiger partial charge in [0, 0.05) is 6.20 Å². The number of anilines is 1. The maximum atomic E-state index is 10.9. The molecule has 0 saturated heterocycles. The lowest BCUT2D eigenvalue weighted by atomic mass is 10.1. The number of nitrogens with two attached hydrogens (primary N) is 1. The first kappa shape index (κ1) is 9.11. The lowest BCUT2D eigenvalue weighted by Gasteiger charge is -2.00. The van der Waals surface area contributed by atoms with Gasteiger partial charge < -0.3 is 5.73 Å². The normalized spacial score (nSPS) is 9.62. The topological polar surface area (TPSA) is 99.1 Å². The van der Waals surface area contributed by atoms with Gasteiger partial charge in [-0.3, -0.25) is 19.9 Å². The Labute approximate surface area is 73.5 Å². The number of nitro groups is 1. The molecule has 1 rings (SSSR count). The number of hydrogen-bond acceptors (Lipinski definition) is 5. The highest BCUT2D eigenvalue weighted by Crippen LogP contribution is 2.23. The monoisotopic (exact) mass is 181 g/mol. The van der Waals surface area contributed by atoms with E-state index in [4.69, 9.17) is 5.73 Å². The third-order valence-corrected chi connectivity index (χ3v) is 1.54. The fourth-order valence-corrected chi connectivity index (χ4v) is 0.886. The largest absolute Gasteiger partial charge is 0.392 e. The van der Waals surface area contributed by atoms with Crippen LogP contribution < -0.4 is 5.73 Å². The molecule has 1 heterocycles. The summed E-state index contributed by atoms with van der Waals surface area (Å²) in [4.78, 5) is 24.1. The van der Waals surface area contributed by atoms with Gasteiger partial charge in [-0.15, -0.1) is 0 Å². The van der Waals surface area contributed by atoms with Crippen LogP contribution in [0.4, 0.5) is 11.4 Å². The maximum Gasteiger partial charge on any atom is 0.310 e. The molecule has 0 saturated carbocycles. The summed E-state index contributed by atoms with van der Waals surface area (Å²) in [5.41, 5.74) is 4.99. The average molecular weight is 181 g/mol. The predicted molar refractivity (Wildman–Crippen MR) is 45.3 cm³/mol. The minimum atomic E-state index is -0.672. The Bertz CT molecular complexity index is 343. The van der Waals surface area contributed by atoms with Crippen molar-refractivity contribution in [2.45, 2.75) is 6.92 Å². The molecule has 6 heteroatoms. The van der Waals surface area contributed by atoms with Crippen molar-refractivity contribution in [1.29, 1.82) is 0 Å². The summed E-state index contributed by atoms with van der Waals surface area (Å²) in [6.07, 6.45) is 2.23. The Kier molecular flexibility index (Phi) is 2.23. The second-order valence-corrected chi connectivity index (χ2v) is 2.43. The van der Waals surface area contributed by atoms with Gasteiger partial charge in [0.05, 0.1) is 10.5 Å². The number of carbonyl (C=O) groups excluding carboxylic acids is 1. The smallest absolute Gasteiger partial charge is 0.310 e. The van der Waals surface area contributed by atoms with Gasteiger partial charge in [0.25, 0.3) is 0 Å². The van der Waals surface area contributed by atoms with E-state index < -0.39 is 4.92 Å². The number of pyridine rings is 1. The van der Waals surface area contributed by atoms with E-state index in [1.165, 1.54) is 13.1 Å². The summed E-state index contributed by atoms with van der Waals surface area (Å²) in [5.74, 6) is -0.339. The van der Waals surface area contributed by atoms with Crippen molar-refractivity contribution < 1.29 is 9.72 Å². The van der Waals surface area contributed by atoms with Crippen molar-refractivity contribution in [3.05, 3.63) is 28.1 Å². The van der Waals surface area contributed by atoms with Gasteiger partial charge in [0.15, 0.2) is 5.78 Å². The zero-order chi connectivity index (χ0) is 10.0. The van der Waals surface area contributed by atoms with Crippen LogP contribution in [0, 0.1) is 10.1 Å². The lowest BCUT2D eigenvalue weighted by Crippen LogP contribution is -2.04. The van der Waals surface area contributed by atoms with Gasteiger partial charge in [-0.05, 0) is 6.92 Å². The zero-order valence-electron chi connectivity index (χ0n) is 6.85. The van der Waals surface area contributed by atoms with Gasteiger partial charge >= 0.3 is 5.69 Å². The molecule has 1 aromatic rings. The van der Waals surface area contributed by atoms with E-state index in [-0.39, 0.29) is 22.7 Å². The first-order chi connectivity index (χ1) is 6.04. The molecule has 0 aliphatic carbocycles. The number of rotatable bonds is 2. The van der Waals surface area contributed by atoms with E-state index in [2.05, 4.69) is 4.98 Å². The lowest BCUT2D eigenvalue weighted by molar-refractivity contribution is -0.384. The molecule has 1 aromatic heterocycles. The summed E-state index contributed by atoms with van der Waals surface area (Å²) < 4.78 is 0. The Morgan fingerprint density at radius 3 is 2.69 bits per heavy atom. The summed E-state index contributed by atoms with van der Waals surface area (Å²) in [6, 6.07) is 0. The summed E-state index contributed by atoms with van der Waals surface area (Å²) in [5, 5.41) is 10.4. The van der Waals surface area contributed by atoms with Crippen LogP contribution in [-0.4, -0.2) is 15.7 Å². The highest BCUT2D eigenvalue weighted by Gasteiger charge is 2.17. The Hall–Kier alpha value is -1.98. The van der Waals surface area contributed by atoms with Crippen molar-refractivity contribution in [2.75, 3.05) is 5.73 Å². The van der Waals surface area contributed by atoms with Crippen LogP contribution in [-0.2, 0) is 0 Å². The quantitative estimate of drug-likeness (QED) is 0.412. The molecule has 0 bridgehead atoms. The fraction of sp³-hybridized carbons (Fsp3) is 0.143. The Morgan fingerprint density at radius 2 is 2.23 bits per heavy atom. The average Bonchev–Trinajstić information content (AvgIpc) is 2.03. The van der Waals surface area contributed by atoms with Crippen LogP contribution in [0.3, 0.4) is 0 Å². The maximum absolute atomic E-state index is 10.9. The Morgan fingerprint density at radius 1 is 1.62 bits per heavy atom. The summed E-state index contributed by atoms with van der Waals surface area (Å²) in [7, 11) is 0. The van der Waals surface area contributed by atoms with E-state index in [0.29, 0.717) is 0 Å². The first-order valence-electron chi connectivity index (χ1n) is 3.43. The van der Waals surface area contributed by atoms with Gasteiger partial charge in [-0.2, -0.15) is 0 Å². The third-order valence-electron chi connectivity index (χ3n) is 1.54. The number of ketones is 1.